The van der Waals surface area contributed by atoms with Crippen molar-refractivity contribution in [2.45, 2.75) is 26.8 Å². The molecule has 2 aromatic heterocycles. The molecule has 2 heterocycles. The number of fused-ring (bicyclic) bond motifs is 1. The Hall–Kier alpha value is -1.88. The molecule has 19 heavy (non-hydrogen) atoms. The number of aromatic nitrogens is 2. The zero-order valence-corrected chi connectivity index (χ0v) is 11.7. The van der Waals surface area contributed by atoms with Gasteiger partial charge in [-0.15, -0.1) is 0 Å². The minimum absolute atomic E-state index is 0.102. The van der Waals surface area contributed by atoms with E-state index < -0.39 is 0 Å². The number of hydrogen-bond donors (Lipinski definition) is 1. The van der Waals surface area contributed by atoms with Crippen molar-refractivity contribution in [1.29, 1.82) is 0 Å². The molecule has 5 nitrogen and oxygen atoms in total. The Balaban J connectivity index is 2.70. The minimum Gasteiger partial charge on any atom is -0.462 e. The summed E-state index contributed by atoms with van der Waals surface area (Å²) in [4.78, 5) is 12.1. The highest BCUT2D eigenvalue weighted by Gasteiger charge is 2.24. The lowest BCUT2D eigenvalue weighted by atomic mass is 10.1. The third-order valence-electron chi connectivity index (χ3n) is 3.32. The molecule has 0 aliphatic heterocycles. The number of esters is 1. The van der Waals surface area contributed by atoms with Crippen LogP contribution in [-0.2, 0) is 4.74 Å². The van der Waals surface area contributed by atoms with Crippen molar-refractivity contribution in [3.05, 3.63) is 35.2 Å². The van der Waals surface area contributed by atoms with E-state index in [1.807, 2.05) is 37.5 Å². The first-order valence-corrected chi connectivity index (χ1v) is 6.42. The molecule has 0 aromatic carbocycles. The van der Waals surface area contributed by atoms with Crippen molar-refractivity contribution in [3.8, 4) is 0 Å². The Morgan fingerprint density at radius 3 is 2.95 bits per heavy atom. The Labute approximate surface area is 112 Å². The molecular weight excluding hydrogens is 242 g/mol. The van der Waals surface area contributed by atoms with Crippen molar-refractivity contribution < 1.29 is 9.53 Å². The number of carbonyl (C=O) groups is 1. The molecule has 0 amide bonds. The van der Waals surface area contributed by atoms with Gasteiger partial charge in [0.05, 0.1) is 23.4 Å². The molecule has 2 rings (SSSR count). The Morgan fingerprint density at radius 2 is 2.32 bits per heavy atom. The van der Waals surface area contributed by atoms with Crippen LogP contribution in [0.2, 0.25) is 0 Å². The van der Waals surface area contributed by atoms with E-state index in [0.717, 1.165) is 16.8 Å². The second-order valence-electron chi connectivity index (χ2n) is 4.44. The zero-order valence-electron chi connectivity index (χ0n) is 11.7. The molecule has 0 bridgehead atoms. The third kappa shape index (κ3) is 2.21. The number of carbonyl (C=O) groups excluding carboxylic acids is 1. The Bertz CT molecular complexity index is 604. The quantitative estimate of drug-likeness (QED) is 0.856. The maximum Gasteiger partial charge on any atom is 0.340 e. The average Bonchev–Trinajstić information content (AvgIpc) is 2.70. The van der Waals surface area contributed by atoms with Crippen LogP contribution in [0.15, 0.2) is 18.3 Å². The lowest BCUT2D eigenvalue weighted by Gasteiger charge is -2.11. The van der Waals surface area contributed by atoms with Gasteiger partial charge in [-0.05, 0) is 45.5 Å². The van der Waals surface area contributed by atoms with Crippen LogP contribution >= 0.6 is 0 Å². The second kappa shape index (κ2) is 5.40. The number of nitrogens with zero attached hydrogens (tertiary/aromatic N) is 2. The van der Waals surface area contributed by atoms with Crippen LogP contribution in [-0.4, -0.2) is 29.2 Å². The van der Waals surface area contributed by atoms with E-state index in [2.05, 4.69) is 10.4 Å². The summed E-state index contributed by atoms with van der Waals surface area (Å²) in [6, 6.07) is 3.81. The van der Waals surface area contributed by atoms with E-state index in [-0.39, 0.29) is 12.0 Å². The van der Waals surface area contributed by atoms with Crippen LogP contribution in [0.3, 0.4) is 0 Å². The monoisotopic (exact) mass is 261 g/mol. The summed E-state index contributed by atoms with van der Waals surface area (Å²) in [6.45, 7) is 6.15. The van der Waals surface area contributed by atoms with Gasteiger partial charge in [-0.2, -0.15) is 5.10 Å². The lowest BCUT2D eigenvalue weighted by molar-refractivity contribution is 0.0528. The van der Waals surface area contributed by atoms with Crippen molar-refractivity contribution in [2.24, 2.45) is 0 Å². The molecule has 1 atom stereocenters. The molecule has 1 unspecified atom stereocenters. The first-order valence-electron chi connectivity index (χ1n) is 6.42. The van der Waals surface area contributed by atoms with Crippen LogP contribution in [0.25, 0.3) is 5.52 Å². The summed E-state index contributed by atoms with van der Waals surface area (Å²) in [5, 5.41) is 7.53. The van der Waals surface area contributed by atoms with Crippen molar-refractivity contribution >= 4 is 11.5 Å². The maximum absolute atomic E-state index is 12.1. The summed E-state index contributed by atoms with van der Waals surface area (Å²) < 4.78 is 6.95. The molecule has 102 valence electrons. The smallest absolute Gasteiger partial charge is 0.340 e. The van der Waals surface area contributed by atoms with Gasteiger partial charge in [0.2, 0.25) is 0 Å². The molecule has 0 aliphatic rings. The van der Waals surface area contributed by atoms with Gasteiger partial charge in [-0.3, -0.25) is 0 Å². The van der Waals surface area contributed by atoms with Crippen molar-refractivity contribution in [1.82, 2.24) is 14.9 Å². The molecule has 0 saturated carbocycles. The molecule has 0 radical (unpaired) electrons. The fourth-order valence-electron chi connectivity index (χ4n) is 2.34. The van der Waals surface area contributed by atoms with Gasteiger partial charge in [-0.1, -0.05) is 0 Å². The molecule has 2 aromatic rings. The van der Waals surface area contributed by atoms with Crippen molar-refractivity contribution in [2.75, 3.05) is 13.7 Å². The van der Waals surface area contributed by atoms with Crippen molar-refractivity contribution in [3.63, 3.8) is 0 Å². The topological polar surface area (TPSA) is 55.6 Å². The van der Waals surface area contributed by atoms with E-state index in [1.54, 1.807) is 13.1 Å². The van der Waals surface area contributed by atoms with E-state index >= 15 is 0 Å². The van der Waals surface area contributed by atoms with Gasteiger partial charge in [0.1, 0.15) is 0 Å². The largest absolute Gasteiger partial charge is 0.462 e. The van der Waals surface area contributed by atoms with Crippen LogP contribution in [0.1, 0.15) is 41.5 Å². The standard InChI is InChI=1S/C14H19N3O2/c1-5-19-14(18)12-9(2)13(10(3)15-4)17-11(12)7-6-8-16-17/h6-8,10,15H,5H2,1-4H3. The highest BCUT2D eigenvalue weighted by atomic mass is 16.5. The predicted octanol–water partition coefficient (Wildman–Crippen LogP) is 2.10. The summed E-state index contributed by atoms with van der Waals surface area (Å²) in [7, 11) is 1.89. The molecule has 0 aliphatic carbocycles. The van der Waals surface area contributed by atoms with Gasteiger partial charge in [0.25, 0.3) is 0 Å². The second-order valence-corrected chi connectivity index (χ2v) is 4.44. The molecule has 1 N–H and O–H groups in total. The zero-order chi connectivity index (χ0) is 14.0. The highest BCUT2D eigenvalue weighted by molar-refractivity contribution is 5.99. The van der Waals surface area contributed by atoms with Gasteiger partial charge in [0, 0.05) is 12.2 Å². The molecule has 0 saturated heterocycles. The van der Waals surface area contributed by atoms with Crippen LogP contribution < -0.4 is 5.32 Å². The van der Waals surface area contributed by atoms with Gasteiger partial charge < -0.3 is 10.1 Å². The fourth-order valence-corrected chi connectivity index (χ4v) is 2.34. The van der Waals surface area contributed by atoms with E-state index in [9.17, 15) is 4.79 Å². The van der Waals surface area contributed by atoms with Crippen LogP contribution in [0.4, 0.5) is 0 Å². The summed E-state index contributed by atoms with van der Waals surface area (Å²) in [5.41, 5.74) is 3.29. The Morgan fingerprint density at radius 1 is 1.58 bits per heavy atom. The number of ether oxygens (including phenoxy) is 1. The first-order chi connectivity index (χ1) is 9.11. The van der Waals surface area contributed by atoms with Crippen LogP contribution in [0, 0.1) is 6.92 Å². The SMILES string of the molecule is CCOC(=O)c1c(C)c(C(C)NC)n2ncccc12. The fraction of sp³-hybridized carbons (Fsp3) is 0.429. The maximum atomic E-state index is 12.1. The lowest BCUT2D eigenvalue weighted by Crippen LogP contribution is -2.16. The minimum atomic E-state index is -0.292. The average molecular weight is 261 g/mol. The van der Waals surface area contributed by atoms with Crippen LogP contribution in [0.5, 0.6) is 0 Å². The van der Waals surface area contributed by atoms with E-state index in [4.69, 9.17) is 4.74 Å². The van der Waals surface area contributed by atoms with Gasteiger partial charge in [0.15, 0.2) is 0 Å². The molecule has 5 heteroatoms. The molecule has 0 spiro atoms. The number of nitrogens with one attached hydrogen (secondary N) is 1. The first kappa shape index (κ1) is 13.5. The third-order valence-corrected chi connectivity index (χ3v) is 3.32. The highest BCUT2D eigenvalue weighted by Crippen LogP contribution is 2.27. The summed E-state index contributed by atoms with van der Waals surface area (Å²) >= 11 is 0. The number of rotatable bonds is 4. The van der Waals surface area contributed by atoms with E-state index in [1.165, 1.54) is 0 Å². The molecular formula is C14H19N3O2. The number of hydrogen-bond acceptors (Lipinski definition) is 4. The van der Waals surface area contributed by atoms with Gasteiger partial charge >= 0.3 is 5.97 Å². The summed E-state index contributed by atoms with van der Waals surface area (Å²) in [6.07, 6.45) is 1.72. The van der Waals surface area contributed by atoms with Gasteiger partial charge in [-0.25, -0.2) is 9.31 Å². The summed E-state index contributed by atoms with van der Waals surface area (Å²) in [5.74, 6) is -0.292. The predicted molar refractivity (Wildman–Crippen MR) is 73.4 cm³/mol. The molecule has 0 fully saturated rings. The normalized spacial score (nSPS) is 12.6. The Kier molecular flexibility index (Phi) is 3.85. The van der Waals surface area contributed by atoms with E-state index in [0.29, 0.717) is 12.2 Å².